The van der Waals surface area contributed by atoms with Gasteiger partial charge < -0.3 is 19.8 Å². The molecule has 2 N–H and O–H groups in total. The number of ether oxygens (including phenoxy) is 1. The predicted octanol–water partition coefficient (Wildman–Crippen LogP) is 4.23. The van der Waals surface area contributed by atoms with Crippen molar-refractivity contribution in [1.29, 1.82) is 0 Å². The third-order valence-corrected chi connectivity index (χ3v) is 6.80. The molecular formula is C24H22IN5O2. The van der Waals surface area contributed by atoms with E-state index in [2.05, 4.69) is 44.5 Å². The zero-order valence-electron chi connectivity index (χ0n) is 17.7. The van der Waals surface area contributed by atoms with Gasteiger partial charge in [0.05, 0.1) is 26.7 Å². The lowest BCUT2D eigenvalue weighted by Gasteiger charge is -2.35. The number of aromatic nitrogens is 3. The Balaban J connectivity index is 1.53. The smallest absolute Gasteiger partial charge is 0.251 e. The summed E-state index contributed by atoms with van der Waals surface area (Å²) in [5, 5.41) is 0. The highest BCUT2D eigenvalue weighted by atomic mass is 127. The summed E-state index contributed by atoms with van der Waals surface area (Å²) in [6.45, 7) is 3.90. The fourth-order valence-corrected chi connectivity index (χ4v) is 5.11. The molecule has 0 atom stereocenters. The number of halogens is 1. The number of nitrogens with two attached hydrogens (primary N) is 1. The maximum atomic E-state index is 12.4. The standard InChI is InChI=1S/C24H22IN5O2/c1-14-4-3-5-20(28-14)32-17-8-6-15(7-9-17)21-22(24(26)31)19-10-27-18(13-30(19)23(21)25)16-11-29(2)12-16/h3-10,13,16H,11-12H2,1-2H3,(H2,26,31). The van der Waals surface area contributed by atoms with E-state index in [0.29, 0.717) is 23.1 Å². The van der Waals surface area contributed by atoms with E-state index < -0.39 is 5.91 Å². The summed E-state index contributed by atoms with van der Waals surface area (Å²) in [6.07, 6.45) is 3.80. The quantitative estimate of drug-likeness (QED) is 0.384. The van der Waals surface area contributed by atoms with Crippen molar-refractivity contribution in [2.24, 2.45) is 5.73 Å². The molecule has 0 spiro atoms. The maximum Gasteiger partial charge on any atom is 0.251 e. The molecule has 1 aliphatic rings. The number of likely N-dealkylation sites (tertiary alicyclic amines) is 1. The van der Waals surface area contributed by atoms with Gasteiger partial charge in [0.25, 0.3) is 5.91 Å². The van der Waals surface area contributed by atoms with Crippen LogP contribution in [0.15, 0.2) is 54.9 Å². The van der Waals surface area contributed by atoms with Gasteiger partial charge in [0.15, 0.2) is 0 Å². The molecule has 1 saturated heterocycles. The number of hydrogen-bond donors (Lipinski definition) is 1. The van der Waals surface area contributed by atoms with Crippen molar-refractivity contribution in [2.75, 3.05) is 20.1 Å². The number of benzene rings is 1. The molecule has 4 heterocycles. The first-order valence-corrected chi connectivity index (χ1v) is 11.4. The first kappa shape index (κ1) is 20.9. The van der Waals surface area contributed by atoms with E-state index in [9.17, 15) is 4.79 Å². The lowest BCUT2D eigenvalue weighted by molar-refractivity contribution is 0.100. The van der Waals surface area contributed by atoms with Crippen LogP contribution >= 0.6 is 22.6 Å². The number of carbonyl (C=O) groups is 1. The van der Waals surface area contributed by atoms with Crippen LogP contribution in [0, 0.1) is 10.6 Å². The molecular weight excluding hydrogens is 517 g/mol. The number of aryl methyl sites for hydroxylation is 1. The SMILES string of the molecule is Cc1cccc(Oc2ccc(-c3c(C(N)=O)c4cnc(C5CN(C)C5)cn4c3I)cc2)n1. The zero-order valence-corrected chi connectivity index (χ0v) is 19.9. The highest BCUT2D eigenvalue weighted by Gasteiger charge is 2.28. The molecule has 0 radical (unpaired) electrons. The van der Waals surface area contributed by atoms with Crippen molar-refractivity contribution in [2.45, 2.75) is 12.8 Å². The van der Waals surface area contributed by atoms with Crippen molar-refractivity contribution in [3.8, 4) is 22.8 Å². The summed E-state index contributed by atoms with van der Waals surface area (Å²) in [6, 6.07) is 13.3. The minimum atomic E-state index is -0.470. The van der Waals surface area contributed by atoms with Crippen molar-refractivity contribution < 1.29 is 9.53 Å². The van der Waals surface area contributed by atoms with Crippen molar-refractivity contribution >= 4 is 34.0 Å². The topological polar surface area (TPSA) is 85.8 Å². The van der Waals surface area contributed by atoms with E-state index in [1.54, 1.807) is 6.20 Å². The number of fused-ring (bicyclic) bond motifs is 1. The number of nitrogens with zero attached hydrogens (tertiary/aromatic N) is 4. The third kappa shape index (κ3) is 3.73. The van der Waals surface area contributed by atoms with Gasteiger partial charge in [-0.05, 0) is 60.3 Å². The predicted molar refractivity (Wildman–Crippen MR) is 131 cm³/mol. The molecule has 0 bridgehead atoms. The zero-order chi connectivity index (χ0) is 22.4. The number of hydrogen-bond acceptors (Lipinski definition) is 5. The van der Waals surface area contributed by atoms with E-state index in [1.165, 1.54) is 0 Å². The summed E-state index contributed by atoms with van der Waals surface area (Å²) >= 11 is 2.28. The van der Waals surface area contributed by atoms with Gasteiger partial charge in [0.2, 0.25) is 5.88 Å². The van der Waals surface area contributed by atoms with Crippen molar-refractivity contribution in [1.82, 2.24) is 19.3 Å². The minimum absolute atomic E-state index is 0.412. The van der Waals surface area contributed by atoms with Gasteiger partial charge in [0.1, 0.15) is 5.75 Å². The second-order valence-corrected chi connectivity index (χ2v) is 9.16. The van der Waals surface area contributed by atoms with Crippen LogP contribution in [-0.2, 0) is 0 Å². The second kappa shape index (κ2) is 8.18. The average Bonchev–Trinajstić information content (AvgIpc) is 3.04. The number of rotatable bonds is 5. The summed E-state index contributed by atoms with van der Waals surface area (Å²) in [5.41, 5.74) is 10.6. The van der Waals surface area contributed by atoms with Crippen molar-refractivity contribution in [3.63, 3.8) is 0 Å². The van der Waals surface area contributed by atoms with E-state index >= 15 is 0 Å². The first-order chi connectivity index (χ1) is 15.4. The van der Waals surface area contributed by atoms with Gasteiger partial charge in [-0.15, -0.1) is 0 Å². The summed E-state index contributed by atoms with van der Waals surface area (Å²) < 4.78 is 8.82. The molecule has 1 aliphatic heterocycles. The Labute approximate surface area is 199 Å². The molecule has 8 heteroatoms. The Morgan fingerprint density at radius 2 is 1.94 bits per heavy atom. The monoisotopic (exact) mass is 539 g/mol. The van der Waals surface area contributed by atoms with E-state index in [0.717, 1.165) is 44.8 Å². The highest BCUT2D eigenvalue weighted by Crippen LogP contribution is 2.36. The Bertz CT molecular complexity index is 1330. The fourth-order valence-electron chi connectivity index (χ4n) is 4.13. The highest BCUT2D eigenvalue weighted by molar-refractivity contribution is 14.1. The van der Waals surface area contributed by atoms with Gasteiger partial charge in [-0.3, -0.25) is 9.78 Å². The minimum Gasteiger partial charge on any atom is -0.439 e. The summed E-state index contributed by atoms with van der Waals surface area (Å²) in [5.74, 6) is 1.15. The number of likely N-dealkylation sites (N-methyl/N-ethyl adjacent to an activating group) is 1. The third-order valence-electron chi connectivity index (χ3n) is 5.74. The Morgan fingerprint density at radius 1 is 1.19 bits per heavy atom. The Kier molecular flexibility index (Phi) is 5.34. The van der Waals surface area contributed by atoms with Gasteiger partial charge >= 0.3 is 0 Å². The molecule has 1 aromatic carbocycles. The van der Waals surface area contributed by atoms with E-state index in [1.807, 2.05) is 60.0 Å². The van der Waals surface area contributed by atoms with Crippen LogP contribution in [0.2, 0.25) is 0 Å². The number of carbonyl (C=O) groups excluding carboxylic acids is 1. The van der Waals surface area contributed by atoms with Crippen LogP contribution in [0.5, 0.6) is 11.6 Å². The molecule has 5 rings (SSSR count). The fraction of sp³-hybridized carbons (Fsp3) is 0.208. The maximum absolute atomic E-state index is 12.4. The lowest BCUT2D eigenvalue weighted by atomic mass is 9.98. The molecule has 4 aromatic rings. The molecule has 7 nitrogen and oxygen atoms in total. The van der Waals surface area contributed by atoms with E-state index in [4.69, 9.17) is 10.5 Å². The van der Waals surface area contributed by atoms with Crippen LogP contribution < -0.4 is 10.5 Å². The molecule has 0 saturated carbocycles. The summed E-state index contributed by atoms with van der Waals surface area (Å²) in [7, 11) is 2.10. The van der Waals surface area contributed by atoms with Gasteiger partial charge in [0, 0.05) is 42.5 Å². The number of amides is 1. The molecule has 0 aliphatic carbocycles. The Hall–Kier alpha value is -2.98. The van der Waals surface area contributed by atoms with Crippen molar-refractivity contribution in [3.05, 3.63) is 75.5 Å². The van der Waals surface area contributed by atoms with Crippen LogP contribution in [0.3, 0.4) is 0 Å². The molecule has 1 fully saturated rings. The molecule has 3 aromatic heterocycles. The first-order valence-electron chi connectivity index (χ1n) is 10.3. The van der Waals surface area contributed by atoms with Crippen LogP contribution in [0.4, 0.5) is 0 Å². The number of primary amides is 1. The number of pyridine rings is 1. The van der Waals surface area contributed by atoms with Gasteiger partial charge in [-0.2, -0.15) is 0 Å². The molecule has 0 unspecified atom stereocenters. The Morgan fingerprint density at radius 3 is 2.59 bits per heavy atom. The summed E-state index contributed by atoms with van der Waals surface area (Å²) in [4.78, 5) is 23.7. The van der Waals surface area contributed by atoms with Crippen LogP contribution in [0.1, 0.15) is 27.7 Å². The lowest BCUT2D eigenvalue weighted by Crippen LogP contribution is -2.42. The normalized spacial score (nSPS) is 14.5. The molecule has 32 heavy (non-hydrogen) atoms. The van der Waals surface area contributed by atoms with E-state index in [-0.39, 0.29) is 0 Å². The van der Waals surface area contributed by atoms with Gasteiger partial charge in [-0.1, -0.05) is 18.2 Å². The largest absolute Gasteiger partial charge is 0.439 e. The average molecular weight is 539 g/mol. The van der Waals surface area contributed by atoms with Crippen LogP contribution in [0.25, 0.3) is 16.6 Å². The van der Waals surface area contributed by atoms with Gasteiger partial charge in [-0.25, -0.2) is 4.98 Å². The molecule has 1 amide bonds. The van der Waals surface area contributed by atoms with Crippen LogP contribution in [-0.4, -0.2) is 45.3 Å². The molecule has 162 valence electrons. The second-order valence-electron chi connectivity index (χ2n) is 8.13.